The van der Waals surface area contributed by atoms with Gasteiger partial charge in [-0.15, -0.1) is 23.2 Å². The molecule has 0 radical (unpaired) electrons. The standard InChI is InChI=1S/C13H18Cl2N2O2/c14-6-8-17(9-7-15)13(16,12(18)19)10-11-4-2-1-3-5-11/h1-5H,6-10,16H2,(H,18,19)/t13-/m1/s1. The third kappa shape index (κ3) is 4.35. The Morgan fingerprint density at radius 3 is 2.16 bits per heavy atom. The Labute approximate surface area is 123 Å². The van der Waals surface area contributed by atoms with Gasteiger partial charge >= 0.3 is 5.97 Å². The Balaban J connectivity index is 2.97. The van der Waals surface area contributed by atoms with Crippen molar-refractivity contribution in [2.24, 2.45) is 5.73 Å². The highest BCUT2D eigenvalue weighted by Crippen LogP contribution is 2.17. The molecule has 1 atom stereocenters. The van der Waals surface area contributed by atoms with Crippen molar-refractivity contribution in [2.45, 2.75) is 12.1 Å². The number of halogens is 2. The van der Waals surface area contributed by atoms with Crippen LogP contribution in [0.15, 0.2) is 30.3 Å². The molecule has 0 aliphatic rings. The van der Waals surface area contributed by atoms with Crippen LogP contribution in [0.1, 0.15) is 5.56 Å². The lowest BCUT2D eigenvalue weighted by Crippen LogP contribution is -2.64. The molecular formula is C13H18Cl2N2O2. The zero-order chi connectivity index (χ0) is 14.3. The third-order valence-corrected chi connectivity index (χ3v) is 3.30. The van der Waals surface area contributed by atoms with Crippen molar-refractivity contribution in [2.75, 3.05) is 24.8 Å². The van der Waals surface area contributed by atoms with E-state index in [2.05, 4.69) is 0 Å². The van der Waals surface area contributed by atoms with Gasteiger partial charge in [0.2, 0.25) is 0 Å². The lowest BCUT2D eigenvalue weighted by atomic mass is 9.98. The van der Waals surface area contributed by atoms with Crippen molar-refractivity contribution in [1.82, 2.24) is 4.90 Å². The molecule has 0 amide bonds. The molecule has 3 N–H and O–H groups in total. The van der Waals surface area contributed by atoms with Gasteiger partial charge in [0.05, 0.1) is 0 Å². The predicted octanol–water partition coefficient (Wildman–Crippen LogP) is 1.75. The normalized spacial score (nSPS) is 14.3. The van der Waals surface area contributed by atoms with Gasteiger partial charge < -0.3 is 10.8 Å². The Bertz CT molecular complexity index is 397. The molecule has 0 heterocycles. The first-order valence-electron chi connectivity index (χ1n) is 5.97. The molecule has 0 bridgehead atoms. The first-order valence-corrected chi connectivity index (χ1v) is 7.04. The van der Waals surface area contributed by atoms with Crippen LogP contribution in [0, 0.1) is 0 Å². The second kappa shape index (κ2) is 7.70. The fraction of sp³-hybridized carbons (Fsp3) is 0.462. The van der Waals surface area contributed by atoms with Gasteiger partial charge in [-0.2, -0.15) is 0 Å². The number of alkyl halides is 2. The quantitative estimate of drug-likeness (QED) is 0.567. The van der Waals surface area contributed by atoms with Crippen LogP contribution in [0.5, 0.6) is 0 Å². The number of nitrogens with two attached hydrogens (primary N) is 1. The summed E-state index contributed by atoms with van der Waals surface area (Å²) in [4.78, 5) is 13.2. The highest BCUT2D eigenvalue weighted by Gasteiger charge is 2.40. The molecule has 0 spiro atoms. The Hall–Kier alpha value is -0.810. The van der Waals surface area contributed by atoms with E-state index in [4.69, 9.17) is 28.9 Å². The van der Waals surface area contributed by atoms with Gasteiger partial charge in [0.1, 0.15) is 0 Å². The van der Waals surface area contributed by atoms with Crippen LogP contribution >= 0.6 is 23.2 Å². The molecule has 0 saturated carbocycles. The van der Waals surface area contributed by atoms with E-state index in [0.29, 0.717) is 24.8 Å². The second-order valence-electron chi connectivity index (χ2n) is 4.26. The smallest absolute Gasteiger partial charge is 0.339 e. The van der Waals surface area contributed by atoms with Crippen LogP contribution in [-0.4, -0.2) is 46.5 Å². The monoisotopic (exact) mass is 304 g/mol. The van der Waals surface area contributed by atoms with Crippen LogP contribution in [0.2, 0.25) is 0 Å². The van der Waals surface area contributed by atoms with Crippen molar-refractivity contribution in [3.63, 3.8) is 0 Å². The molecule has 1 rings (SSSR count). The maximum atomic E-state index is 11.6. The number of carboxylic acid groups (broad SMARTS) is 1. The number of hydrogen-bond donors (Lipinski definition) is 2. The number of rotatable bonds is 8. The highest BCUT2D eigenvalue weighted by molar-refractivity contribution is 6.18. The van der Waals surface area contributed by atoms with Crippen LogP contribution in [0.4, 0.5) is 0 Å². The summed E-state index contributed by atoms with van der Waals surface area (Å²) in [6.07, 6.45) is 0.205. The van der Waals surface area contributed by atoms with Crippen LogP contribution in [0.25, 0.3) is 0 Å². The van der Waals surface area contributed by atoms with Gasteiger partial charge in [-0.25, -0.2) is 4.79 Å². The molecular weight excluding hydrogens is 287 g/mol. The van der Waals surface area contributed by atoms with E-state index in [1.165, 1.54) is 0 Å². The third-order valence-electron chi connectivity index (χ3n) is 2.96. The molecule has 0 unspecified atom stereocenters. The minimum atomic E-state index is -1.49. The Kier molecular flexibility index (Phi) is 6.58. The number of carbonyl (C=O) groups is 1. The number of carboxylic acids is 1. The van der Waals surface area contributed by atoms with E-state index in [9.17, 15) is 9.90 Å². The zero-order valence-electron chi connectivity index (χ0n) is 10.6. The molecule has 0 saturated heterocycles. The fourth-order valence-electron chi connectivity index (χ4n) is 1.94. The van der Waals surface area contributed by atoms with Gasteiger partial charge in [0, 0.05) is 31.3 Å². The van der Waals surface area contributed by atoms with E-state index < -0.39 is 11.6 Å². The molecule has 6 heteroatoms. The van der Waals surface area contributed by atoms with Crippen molar-refractivity contribution in [1.29, 1.82) is 0 Å². The van der Waals surface area contributed by atoms with Gasteiger partial charge in [0.15, 0.2) is 5.66 Å². The van der Waals surface area contributed by atoms with E-state index >= 15 is 0 Å². The summed E-state index contributed by atoms with van der Waals surface area (Å²) in [5.41, 5.74) is 5.47. The Morgan fingerprint density at radius 2 is 1.74 bits per heavy atom. The van der Waals surface area contributed by atoms with E-state index in [0.717, 1.165) is 5.56 Å². The summed E-state index contributed by atoms with van der Waals surface area (Å²) in [5, 5.41) is 9.46. The van der Waals surface area contributed by atoms with E-state index in [-0.39, 0.29) is 6.42 Å². The largest absolute Gasteiger partial charge is 0.479 e. The molecule has 19 heavy (non-hydrogen) atoms. The van der Waals surface area contributed by atoms with Crippen molar-refractivity contribution in [3.05, 3.63) is 35.9 Å². The Morgan fingerprint density at radius 1 is 1.21 bits per heavy atom. The average molecular weight is 305 g/mol. The zero-order valence-corrected chi connectivity index (χ0v) is 12.1. The lowest BCUT2D eigenvalue weighted by Gasteiger charge is -2.37. The second-order valence-corrected chi connectivity index (χ2v) is 5.01. The molecule has 4 nitrogen and oxygen atoms in total. The molecule has 0 aliphatic heterocycles. The van der Waals surface area contributed by atoms with Crippen molar-refractivity contribution in [3.8, 4) is 0 Å². The molecule has 1 aromatic rings. The van der Waals surface area contributed by atoms with Gasteiger partial charge in [-0.05, 0) is 5.56 Å². The van der Waals surface area contributed by atoms with Crippen molar-refractivity contribution < 1.29 is 9.90 Å². The van der Waals surface area contributed by atoms with Crippen LogP contribution in [-0.2, 0) is 11.2 Å². The average Bonchev–Trinajstić information content (AvgIpc) is 2.39. The molecule has 0 aromatic heterocycles. The first kappa shape index (κ1) is 16.2. The van der Waals surface area contributed by atoms with Gasteiger partial charge in [-0.1, -0.05) is 30.3 Å². The summed E-state index contributed by atoms with van der Waals surface area (Å²) in [7, 11) is 0. The van der Waals surface area contributed by atoms with Gasteiger partial charge in [-0.3, -0.25) is 4.90 Å². The summed E-state index contributed by atoms with van der Waals surface area (Å²) < 4.78 is 0. The summed E-state index contributed by atoms with van der Waals surface area (Å²) in [6, 6.07) is 9.28. The fourth-order valence-corrected chi connectivity index (χ4v) is 2.35. The summed E-state index contributed by atoms with van der Waals surface area (Å²) in [6.45, 7) is 0.758. The highest BCUT2D eigenvalue weighted by atomic mass is 35.5. The number of nitrogens with zero attached hydrogens (tertiary/aromatic N) is 1. The molecule has 0 aliphatic carbocycles. The molecule has 1 aromatic carbocycles. The SMILES string of the molecule is N[C@@](Cc1ccccc1)(C(=O)O)N(CCCl)CCCl. The first-order chi connectivity index (χ1) is 9.04. The van der Waals surface area contributed by atoms with E-state index in [1.807, 2.05) is 30.3 Å². The minimum Gasteiger partial charge on any atom is -0.479 e. The maximum Gasteiger partial charge on any atom is 0.339 e. The van der Waals surface area contributed by atoms with Gasteiger partial charge in [0.25, 0.3) is 0 Å². The van der Waals surface area contributed by atoms with Crippen molar-refractivity contribution >= 4 is 29.2 Å². The molecule has 0 fully saturated rings. The van der Waals surface area contributed by atoms with Crippen LogP contribution in [0.3, 0.4) is 0 Å². The number of benzene rings is 1. The molecule has 106 valence electrons. The predicted molar refractivity (Wildman–Crippen MR) is 77.7 cm³/mol. The minimum absolute atomic E-state index is 0.205. The number of aliphatic carboxylic acids is 1. The summed E-state index contributed by atoms with van der Waals surface area (Å²) in [5.74, 6) is -0.470. The lowest BCUT2D eigenvalue weighted by molar-refractivity contribution is -0.151. The van der Waals surface area contributed by atoms with E-state index in [1.54, 1.807) is 4.90 Å². The number of hydrogen-bond acceptors (Lipinski definition) is 3. The van der Waals surface area contributed by atoms with Crippen LogP contribution < -0.4 is 5.73 Å². The topological polar surface area (TPSA) is 66.6 Å². The maximum absolute atomic E-state index is 11.6. The summed E-state index contributed by atoms with van der Waals surface area (Å²) >= 11 is 11.4.